The molecule has 0 unspecified atom stereocenters. The summed E-state index contributed by atoms with van der Waals surface area (Å²) < 4.78 is 6.07. The molecule has 0 aliphatic carbocycles. The van der Waals surface area contributed by atoms with Gasteiger partial charge in [-0.3, -0.25) is 9.59 Å². The Morgan fingerprint density at radius 2 is 2.00 bits per heavy atom. The van der Waals surface area contributed by atoms with E-state index >= 15 is 0 Å². The number of hydrogen-bond acceptors (Lipinski definition) is 3. The average molecular weight is 403 g/mol. The van der Waals surface area contributed by atoms with Crippen LogP contribution >= 0.6 is 15.9 Å². The van der Waals surface area contributed by atoms with Crippen LogP contribution in [0.5, 0.6) is 5.75 Å². The minimum atomic E-state index is -0.342. The van der Waals surface area contributed by atoms with Crippen molar-refractivity contribution in [2.24, 2.45) is 0 Å². The minimum absolute atomic E-state index is 0.100. The third-order valence-electron chi connectivity index (χ3n) is 3.41. The van der Waals surface area contributed by atoms with Gasteiger partial charge < -0.3 is 15.4 Å². The van der Waals surface area contributed by atoms with E-state index in [1.807, 2.05) is 49.4 Å². The Balaban J connectivity index is 1.84. The van der Waals surface area contributed by atoms with Crippen LogP contribution in [-0.2, 0) is 9.59 Å². The van der Waals surface area contributed by atoms with Gasteiger partial charge in [-0.1, -0.05) is 28.1 Å². The van der Waals surface area contributed by atoms with Gasteiger partial charge in [-0.2, -0.15) is 0 Å². The van der Waals surface area contributed by atoms with Gasteiger partial charge in [0.15, 0.2) is 0 Å². The Hall–Kier alpha value is -2.60. The molecule has 0 heterocycles. The van der Waals surface area contributed by atoms with Crippen LogP contribution in [0.3, 0.4) is 0 Å². The highest BCUT2D eigenvalue weighted by atomic mass is 79.9. The fraction of sp³-hybridized carbons (Fsp3) is 0.158. The molecule has 25 heavy (non-hydrogen) atoms. The number of benzene rings is 2. The van der Waals surface area contributed by atoms with E-state index in [0.29, 0.717) is 5.75 Å². The number of anilines is 1. The number of rotatable bonds is 6. The molecular weight excluding hydrogens is 384 g/mol. The molecule has 2 rings (SSSR count). The first-order valence-electron chi connectivity index (χ1n) is 7.64. The predicted molar refractivity (Wildman–Crippen MR) is 103 cm³/mol. The van der Waals surface area contributed by atoms with Gasteiger partial charge in [0, 0.05) is 16.2 Å². The summed E-state index contributed by atoms with van der Waals surface area (Å²) in [5.41, 5.74) is 2.49. The van der Waals surface area contributed by atoms with E-state index in [9.17, 15) is 9.59 Å². The van der Waals surface area contributed by atoms with E-state index in [0.717, 1.165) is 21.3 Å². The summed E-state index contributed by atoms with van der Waals surface area (Å²) in [5, 5.41) is 5.32. The zero-order valence-electron chi connectivity index (χ0n) is 14.0. The Morgan fingerprint density at radius 3 is 2.72 bits per heavy atom. The maximum absolute atomic E-state index is 11.9. The molecule has 0 spiro atoms. The molecule has 2 aromatic carbocycles. The standard InChI is InChI=1S/C19H19BrN2O3/c1-13-10-15(20)7-8-17(13)22-19(24)12-21-18(23)9-6-14-4-3-5-16(11-14)25-2/h3-11H,12H2,1-2H3,(H,21,23)(H,22,24)/b9-6+. The van der Waals surface area contributed by atoms with Gasteiger partial charge in [0.1, 0.15) is 5.75 Å². The van der Waals surface area contributed by atoms with Crippen molar-refractivity contribution >= 4 is 39.5 Å². The Kier molecular flexibility index (Phi) is 6.77. The molecule has 2 aromatic rings. The van der Waals surface area contributed by atoms with E-state index in [4.69, 9.17) is 4.74 Å². The summed E-state index contributed by atoms with van der Waals surface area (Å²) in [6, 6.07) is 12.9. The average Bonchev–Trinajstić information content (AvgIpc) is 2.60. The van der Waals surface area contributed by atoms with E-state index in [2.05, 4.69) is 26.6 Å². The highest BCUT2D eigenvalue weighted by Gasteiger charge is 2.06. The first-order chi connectivity index (χ1) is 12.0. The van der Waals surface area contributed by atoms with Crippen LogP contribution in [0.1, 0.15) is 11.1 Å². The lowest BCUT2D eigenvalue weighted by atomic mass is 10.2. The highest BCUT2D eigenvalue weighted by Crippen LogP contribution is 2.19. The second-order valence-electron chi connectivity index (χ2n) is 5.34. The van der Waals surface area contributed by atoms with Crippen LogP contribution in [0.25, 0.3) is 6.08 Å². The smallest absolute Gasteiger partial charge is 0.244 e. The molecule has 0 aliphatic heterocycles. The number of halogens is 1. The van der Waals surface area contributed by atoms with Crippen LogP contribution in [0.2, 0.25) is 0 Å². The molecule has 0 saturated heterocycles. The third kappa shape index (κ3) is 6.08. The number of carbonyl (C=O) groups excluding carboxylic acids is 2. The summed E-state index contributed by atoms with van der Waals surface area (Å²) in [6.45, 7) is 1.80. The quantitative estimate of drug-likeness (QED) is 0.726. The molecule has 0 aromatic heterocycles. The summed E-state index contributed by atoms with van der Waals surface area (Å²) >= 11 is 3.37. The maximum atomic E-state index is 11.9. The summed E-state index contributed by atoms with van der Waals surface area (Å²) in [4.78, 5) is 23.8. The largest absolute Gasteiger partial charge is 0.497 e. The summed E-state index contributed by atoms with van der Waals surface area (Å²) in [6.07, 6.45) is 3.04. The fourth-order valence-electron chi connectivity index (χ4n) is 2.11. The molecule has 0 atom stereocenters. The molecule has 5 nitrogen and oxygen atoms in total. The number of ether oxygens (including phenoxy) is 1. The molecular formula is C19H19BrN2O3. The Labute approximate surface area is 155 Å². The number of amides is 2. The van der Waals surface area contributed by atoms with Crippen molar-refractivity contribution < 1.29 is 14.3 Å². The molecule has 0 saturated carbocycles. The van der Waals surface area contributed by atoms with Crippen molar-refractivity contribution in [2.75, 3.05) is 19.0 Å². The molecule has 0 aliphatic rings. The number of nitrogens with one attached hydrogen (secondary N) is 2. The second kappa shape index (κ2) is 9.03. The minimum Gasteiger partial charge on any atom is -0.497 e. The van der Waals surface area contributed by atoms with Crippen molar-refractivity contribution in [1.29, 1.82) is 0 Å². The van der Waals surface area contributed by atoms with Gasteiger partial charge in [-0.15, -0.1) is 0 Å². The van der Waals surface area contributed by atoms with Crippen LogP contribution in [0, 0.1) is 6.92 Å². The van der Waals surface area contributed by atoms with Crippen LogP contribution < -0.4 is 15.4 Å². The topological polar surface area (TPSA) is 67.4 Å². The lowest BCUT2D eigenvalue weighted by molar-refractivity contribution is -0.121. The summed E-state index contributed by atoms with van der Waals surface area (Å²) in [7, 11) is 1.58. The summed E-state index contributed by atoms with van der Waals surface area (Å²) in [5.74, 6) is 0.0888. The monoisotopic (exact) mass is 402 g/mol. The third-order valence-corrected chi connectivity index (χ3v) is 3.90. The maximum Gasteiger partial charge on any atom is 0.244 e. The van der Waals surface area contributed by atoms with Crippen molar-refractivity contribution in [1.82, 2.24) is 5.32 Å². The second-order valence-corrected chi connectivity index (χ2v) is 6.25. The van der Waals surface area contributed by atoms with Gasteiger partial charge in [0.05, 0.1) is 13.7 Å². The van der Waals surface area contributed by atoms with Crippen molar-refractivity contribution in [2.45, 2.75) is 6.92 Å². The van der Waals surface area contributed by atoms with E-state index in [1.165, 1.54) is 6.08 Å². The number of aryl methyl sites for hydroxylation is 1. The Morgan fingerprint density at radius 1 is 1.20 bits per heavy atom. The first-order valence-corrected chi connectivity index (χ1v) is 8.43. The molecule has 0 radical (unpaired) electrons. The predicted octanol–water partition coefficient (Wildman–Crippen LogP) is 3.53. The Bertz CT molecular complexity index is 803. The number of methoxy groups -OCH3 is 1. The van der Waals surface area contributed by atoms with Crippen molar-refractivity contribution in [3.8, 4) is 5.75 Å². The number of hydrogen-bond donors (Lipinski definition) is 2. The van der Waals surface area contributed by atoms with Gasteiger partial charge in [0.2, 0.25) is 11.8 Å². The molecule has 6 heteroatoms. The van der Waals surface area contributed by atoms with E-state index in [-0.39, 0.29) is 18.4 Å². The van der Waals surface area contributed by atoms with Gasteiger partial charge in [-0.25, -0.2) is 0 Å². The van der Waals surface area contributed by atoms with E-state index in [1.54, 1.807) is 13.2 Å². The van der Waals surface area contributed by atoms with Crippen LogP contribution in [0.4, 0.5) is 5.69 Å². The lowest BCUT2D eigenvalue weighted by Crippen LogP contribution is -2.31. The molecule has 0 fully saturated rings. The van der Waals surface area contributed by atoms with Gasteiger partial charge in [-0.05, 0) is 54.5 Å². The van der Waals surface area contributed by atoms with Crippen LogP contribution in [-0.4, -0.2) is 25.5 Å². The normalized spacial score (nSPS) is 10.5. The zero-order valence-corrected chi connectivity index (χ0v) is 15.6. The van der Waals surface area contributed by atoms with Crippen molar-refractivity contribution in [3.63, 3.8) is 0 Å². The molecule has 130 valence electrons. The molecule has 0 bridgehead atoms. The zero-order chi connectivity index (χ0) is 18.2. The SMILES string of the molecule is COc1cccc(/C=C/C(=O)NCC(=O)Nc2ccc(Br)cc2C)c1. The van der Waals surface area contributed by atoms with Gasteiger partial charge in [0.25, 0.3) is 0 Å². The molecule has 2 N–H and O–H groups in total. The fourth-order valence-corrected chi connectivity index (χ4v) is 2.58. The molecule has 2 amide bonds. The van der Waals surface area contributed by atoms with Crippen LogP contribution in [0.15, 0.2) is 53.0 Å². The van der Waals surface area contributed by atoms with Crippen molar-refractivity contribution in [3.05, 3.63) is 64.1 Å². The number of carbonyl (C=O) groups is 2. The first kappa shape index (κ1) is 18.7. The van der Waals surface area contributed by atoms with E-state index < -0.39 is 0 Å². The lowest BCUT2D eigenvalue weighted by Gasteiger charge is -2.09. The highest BCUT2D eigenvalue weighted by molar-refractivity contribution is 9.10. The van der Waals surface area contributed by atoms with Gasteiger partial charge >= 0.3 is 0 Å².